The zero-order valence-corrected chi connectivity index (χ0v) is 13.9. The van der Waals surface area contributed by atoms with Crippen LogP contribution < -0.4 is 5.32 Å². The molecule has 4 rings (SSSR count). The Morgan fingerprint density at radius 2 is 2.12 bits per heavy atom. The summed E-state index contributed by atoms with van der Waals surface area (Å²) < 4.78 is 8.92. The fourth-order valence-electron chi connectivity index (χ4n) is 2.49. The van der Waals surface area contributed by atoms with Gasteiger partial charge in [-0.1, -0.05) is 12.1 Å². The van der Waals surface area contributed by atoms with Crippen molar-refractivity contribution < 1.29 is 4.42 Å². The molecule has 0 fully saturated rings. The van der Waals surface area contributed by atoms with Gasteiger partial charge in [-0.15, -0.1) is 11.3 Å². The molecule has 4 aromatic rings. The Morgan fingerprint density at radius 1 is 1.17 bits per heavy atom. The molecule has 0 saturated heterocycles. The van der Waals surface area contributed by atoms with Crippen LogP contribution in [0.15, 0.2) is 53.5 Å². The fourth-order valence-corrected chi connectivity index (χ4v) is 3.42. The lowest BCUT2D eigenvalue weighted by atomic mass is 10.3. The van der Waals surface area contributed by atoms with Gasteiger partial charge in [0.25, 0.3) is 0 Å². The quantitative estimate of drug-likeness (QED) is 0.523. The molecule has 122 valence electrons. The van der Waals surface area contributed by atoms with Crippen LogP contribution in [-0.4, -0.2) is 26.3 Å². The van der Waals surface area contributed by atoms with Crippen LogP contribution in [0.4, 0.5) is 0 Å². The number of para-hydroxylation sites is 1. The van der Waals surface area contributed by atoms with Crippen molar-refractivity contribution in [2.75, 3.05) is 6.54 Å². The minimum absolute atomic E-state index is 0.711. The summed E-state index contributed by atoms with van der Waals surface area (Å²) in [5.41, 5.74) is 1.02. The second-order valence-corrected chi connectivity index (χ2v) is 6.47. The minimum atomic E-state index is 0.711. The molecule has 24 heavy (non-hydrogen) atoms. The SMILES string of the molecule is c1ccc2sc(-c3ccc(CNCCCn4cncn4)o3)nc2c1. The number of aryl methyl sites for hydroxylation is 1. The first kappa shape index (κ1) is 15.0. The summed E-state index contributed by atoms with van der Waals surface area (Å²) in [5, 5.41) is 8.39. The van der Waals surface area contributed by atoms with Crippen LogP contribution >= 0.6 is 11.3 Å². The van der Waals surface area contributed by atoms with E-state index >= 15 is 0 Å². The van der Waals surface area contributed by atoms with Gasteiger partial charge in [-0.05, 0) is 37.2 Å². The lowest BCUT2D eigenvalue weighted by molar-refractivity contribution is 0.479. The topological polar surface area (TPSA) is 68.8 Å². The standard InChI is InChI=1S/C17H17N5OS/c1-2-5-16-14(4-1)21-17(24-16)15-7-6-13(23-15)10-18-8-3-9-22-12-19-11-20-22/h1-2,4-7,11-12,18H,3,8-10H2. The van der Waals surface area contributed by atoms with Crippen LogP contribution in [0, 0.1) is 0 Å². The maximum Gasteiger partial charge on any atom is 0.163 e. The van der Waals surface area contributed by atoms with Gasteiger partial charge in [0.05, 0.1) is 16.8 Å². The lowest BCUT2D eigenvalue weighted by Crippen LogP contribution is -2.16. The van der Waals surface area contributed by atoms with Gasteiger partial charge in [-0.25, -0.2) is 9.97 Å². The van der Waals surface area contributed by atoms with Gasteiger partial charge < -0.3 is 9.73 Å². The average Bonchev–Trinajstić information content (AvgIpc) is 3.34. The molecule has 0 bridgehead atoms. The molecule has 6 nitrogen and oxygen atoms in total. The molecule has 3 aromatic heterocycles. The van der Waals surface area contributed by atoms with Crippen LogP contribution in [-0.2, 0) is 13.1 Å². The summed E-state index contributed by atoms with van der Waals surface area (Å²) in [5.74, 6) is 1.75. The molecule has 0 saturated carbocycles. The zero-order valence-electron chi connectivity index (χ0n) is 13.1. The Balaban J connectivity index is 1.31. The highest BCUT2D eigenvalue weighted by molar-refractivity contribution is 7.21. The molecule has 0 radical (unpaired) electrons. The molecule has 7 heteroatoms. The highest BCUT2D eigenvalue weighted by Gasteiger charge is 2.10. The summed E-state index contributed by atoms with van der Waals surface area (Å²) in [6, 6.07) is 12.1. The number of rotatable bonds is 7. The van der Waals surface area contributed by atoms with Gasteiger partial charge in [-0.3, -0.25) is 4.68 Å². The molecule has 0 spiro atoms. The van der Waals surface area contributed by atoms with Crippen molar-refractivity contribution >= 4 is 21.6 Å². The second kappa shape index (κ2) is 6.94. The fraction of sp³-hybridized carbons (Fsp3) is 0.235. The summed E-state index contributed by atoms with van der Waals surface area (Å²) in [6.45, 7) is 2.47. The van der Waals surface area contributed by atoms with Crippen molar-refractivity contribution in [2.24, 2.45) is 0 Å². The molecule has 0 atom stereocenters. The van der Waals surface area contributed by atoms with E-state index in [1.807, 2.05) is 35.0 Å². The van der Waals surface area contributed by atoms with Crippen molar-refractivity contribution in [1.82, 2.24) is 25.1 Å². The van der Waals surface area contributed by atoms with Crippen molar-refractivity contribution in [3.8, 4) is 10.8 Å². The summed E-state index contributed by atoms with van der Waals surface area (Å²) in [4.78, 5) is 8.55. The minimum Gasteiger partial charge on any atom is -0.457 e. The zero-order chi connectivity index (χ0) is 16.2. The van der Waals surface area contributed by atoms with E-state index in [2.05, 4.69) is 26.4 Å². The van der Waals surface area contributed by atoms with E-state index < -0.39 is 0 Å². The van der Waals surface area contributed by atoms with Crippen LogP contribution in [0.1, 0.15) is 12.2 Å². The molecule has 1 N–H and O–H groups in total. The molecular formula is C17H17N5OS. The van der Waals surface area contributed by atoms with Crippen molar-refractivity contribution in [1.29, 1.82) is 0 Å². The first-order valence-corrected chi connectivity index (χ1v) is 8.68. The first-order valence-electron chi connectivity index (χ1n) is 7.86. The first-order chi connectivity index (χ1) is 11.9. The number of hydrogen-bond donors (Lipinski definition) is 1. The Labute approximate surface area is 143 Å². The van der Waals surface area contributed by atoms with Gasteiger partial charge in [0.2, 0.25) is 0 Å². The number of furan rings is 1. The molecule has 0 amide bonds. The van der Waals surface area contributed by atoms with E-state index in [9.17, 15) is 0 Å². The van der Waals surface area contributed by atoms with Crippen LogP contribution in [0.3, 0.4) is 0 Å². The van der Waals surface area contributed by atoms with Crippen LogP contribution in [0.2, 0.25) is 0 Å². The van der Waals surface area contributed by atoms with E-state index in [0.717, 1.165) is 41.6 Å². The number of nitrogens with zero attached hydrogens (tertiary/aromatic N) is 4. The van der Waals surface area contributed by atoms with Gasteiger partial charge >= 0.3 is 0 Å². The smallest absolute Gasteiger partial charge is 0.163 e. The Hall–Kier alpha value is -2.51. The van der Waals surface area contributed by atoms with Crippen LogP contribution in [0.25, 0.3) is 21.0 Å². The van der Waals surface area contributed by atoms with Crippen LogP contribution in [0.5, 0.6) is 0 Å². The molecular weight excluding hydrogens is 322 g/mol. The van der Waals surface area contributed by atoms with E-state index in [1.165, 1.54) is 4.70 Å². The number of hydrogen-bond acceptors (Lipinski definition) is 6. The van der Waals surface area contributed by atoms with Crippen molar-refractivity contribution in [3.05, 3.63) is 54.8 Å². The van der Waals surface area contributed by atoms with Gasteiger partial charge in [0, 0.05) is 6.54 Å². The molecule has 0 aliphatic carbocycles. The summed E-state index contributed by atoms with van der Waals surface area (Å²) in [7, 11) is 0. The van der Waals surface area contributed by atoms with E-state index in [4.69, 9.17) is 4.42 Å². The van der Waals surface area contributed by atoms with Crippen molar-refractivity contribution in [2.45, 2.75) is 19.5 Å². The third kappa shape index (κ3) is 3.37. The maximum absolute atomic E-state index is 5.91. The molecule has 0 unspecified atom stereocenters. The van der Waals surface area contributed by atoms with E-state index in [1.54, 1.807) is 24.0 Å². The highest BCUT2D eigenvalue weighted by Crippen LogP contribution is 2.30. The number of fused-ring (bicyclic) bond motifs is 1. The van der Waals surface area contributed by atoms with E-state index in [0.29, 0.717) is 6.54 Å². The molecule has 3 heterocycles. The number of nitrogens with one attached hydrogen (secondary N) is 1. The Kier molecular flexibility index (Phi) is 4.35. The number of benzene rings is 1. The summed E-state index contributed by atoms with van der Waals surface area (Å²) >= 11 is 1.65. The largest absolute Gasteiger partial charge is 0.457 e. The predicted molar refractivity (Wildman–Crippen MR) is 93.7 cm³/mol. The molecule has 0 aliphatic heterocycles. The Morgan fingerprint density at radius 3 is 3.00 bits per heavy atom. The Bertz CT molecular complexity index is 879. The lowest BCUT2D eigenvalue weighted by Gasteiger charge is -2.02. The van der Waals surface area contributed by atoms with Gasteiger partial charge in [0.1, 0.15) is 18.4 Å². The molecule has 1 aromatic carbocycles. The predicted octanol–water partition coefficient (Wildman–Crippen LogP) is 3.33. The normalized spacial score (nSPS) is 11.3. The number of aromatic nitrogens is 4. The monoisotopic (exact) mass is 339 g/mol. The van der Waals surface area contributed by atoms with Gasteiger partial charge in [-0.2, -0.15) is 5.10 Å². The highest BCUT2D eigenvalue weighted by atomic mass is 32.1. The van der Waals surface area contributed by atoms with Gasteiger partial charge in [0.15, 0.2) is 10.8 Å². The number of thiazole rings is 1. The molecule has 0 aliphatic rings. The third-order valence-electron chi connectivity index (χ3n) is 3.67. The summed E-state index contributed by atoms with van der Waals surface area (Å²) in [6.07, 6.45) is 4.28. The second-order valence-electron chi connectivity index (χ2n) is 5.44. The third-order valence-corrected chi connectivity index (χ3v) is 4.72. The van der Waals surface area contributed by atoms with E-state index in [-0.39, 0.29) is 0 Å². The average molecular weight is 339 g/mol. The maximum atomic E-state index is 5.91. The van der Waals surface area contributed by atoms with Crippen molar-refractivity contribution in [3.63, 3.8) is 0 Å².